The van der Waals surface area contributed by atoms with Gasteiger partial charge in [0.2, 0.25) is 0 Å². The van der Waals surface area contributed by atoms with E-state index in [1.54, 1.807) is 0 Å². The first-order valence-electron chi connectivity index (χ1n) is 18.3. The summed E-state index contributed by atoms with van der Waals surface area (Å²) in [6, 6.07) is 77.2. The second-order valence-electron chi connectivity index (χ2n) is 13.8. The van der Waals surface area contributed by atoms with E-state index in [2.05, 4.69) is 217 Å². The van der Waals surface area contributed by atoms with E-state index in [0.717, 1.165) is 17.1 Å². The molecule has 10 aromatic carbocycles. The Hall–Kier alpha value is -6.96. The smallest absolute Gasteiger partial charge is 0.0467 e. The van der Waals surface area contributed by atoms with E-state index in [9.17, 15) is 0 Å². The quantitative estimate of drug-likeness (QED) is 0.159. The minimum Gasteiger partial charge on any atom is -0.310 e. The Balaban J connectivity index is 1.02. The third-order valence-corrected chi connectivity index (χ3v) is 10.6. The molecule has 0 spiro atoms. The third kappa shape index (κ3) is 5.60. The minimum absolute atomic E-state index is 1.11. The zero-order chi connectivity index (χ0) is 35.1. The number of benzene rings is 10. The van der Waals surface area contributed by atoms with Crippen molar-refractivity contribution in [3.8, 4) is 33.4 Å². The van der Waals surface area contributed by atoms with Crippen molar-refractivity contribution in [2.45, 2.75) is 0 Å². The summed E-state index contributed by atoms with van der Waals surface area (Å²) in [6.45, 7) is 0. The average molecular weight is 674 g/mol. The lowest BCUT2D eigenvalue weighted by Gasteiger charge is -2.26. The first-order chi connectivity index (χ1) is 26.3. The molecule has 0 unspecified atom stereocenters. The molecular weight excluding hydrogens is 639 g/mol. The molecule has 0 N–H and O–H groups in total. The summed E-state index contributed by atoms with van der Waals surface area (Å²) in [5.41, 5.74) is 10.6. The van der Waals surface area contributed by atoms with Gasteiger partial charge in [0.1, 0.15) is 0 Å². The molecule has 0 aliphatic heterocycles. The summed E-state index contributed by atoms with van der Waals surface area (Å²) >= 11 is 0. The van der Waals surface area contributed by atoms with Crippen molar-refractivity contribution >= 4 is 60.2 Å². The van der Waals surface area contributed by atoms with Crippen LogP contribution in [-0.4, -0.2) is 0 Å². The van der Waals surface area contributed by atoms with Gasteiger partial charge in [-0.25, -0.2) is 0 Å². The highest BCUT2D eigenvalue weighted by Gasteiger charge is 2.15. The van der Waals surface area contributed by atoms with Crippen LogP contribution in [-0.2, 0) is 0 Å². The van der Waals surface area contributed by atoms with Crippen molar-refractivity contribution in [3.05, 3.63) is 212 Å². The van der Waals surface area contributed by atoms with Crippen molar-refractivity contribution in [2.75, 3.05) is 4.90 Å². The fourth-order valence-corrected chi connectivity index (χ4v) is 7.99. The predicted octanol–water partition coefficient (Wildman–Crippen LogP) is 14.8. The molecule has 1 heteroatoms. The van der Waals surface area contributed by atoms with E-state index < -0.39 is 0 Å². The molecule has 53 heavy (non-hydrogen) atoms. The van der Waals surface area contributed by atoms with Crippen LogP contribution < -0.4 is 4.90 Å². The van der Waals surface area contributed by atoms with Gasteiger partial charge in [0.15, 0.2) is 0 Å². The SMILES string of the molecule is c1ccc(N(c2ccc(-c3cccc4ccccc34)cc2)c2cccc(-c3cccc(-c4ccc5ccc6c7ccccc7ccc6c5c4)c3)c2)cc1. The highest BCUT2D eigenvalue weighted by Crippen LogP contribution is 2.39. The summed E-state index contributed by atoms with van der Waals surface area (Å²) in [7, 11) is 0. The second kappa shape index (κ2) is 13.0. The van der Waals surface area contributed by atoms with E-state index in [0.29, 0.717) is 0 Å². The van der Waals surface area contributed by atoms with Crippen LogP contribution in [0.5, 0.6) is 0 Å². The highest BCUT2D eigenvalue weighted by molar-refractivity contribution is 6.17. The van der Waals surface area contributed by atoms with Crippen LogP contribution in [0.25, 0.3) is 76.5 Å². The number of para-hydroxylation sites is 1. The number of hydrogen-bond donors (Lipinski definition) is 0. The summed E-state index contributed by atoms with van der Waals surface area (Å²) < 4.78 is 0. The lowest BCUT2D eigenvalue weighted by Crippen LogP contribution is -2.09. The summed E-state index contributed by atoms with van der Waals surface area (Å²) in [5, 5.41) is 10.2. The van der Waals surface area contributed by atoms with Crippen LogP contribution in [0.2, 0.25) is 0 Å². The molecule has 0 fully saturated rings. The molecule has 0 aromatic heterocycles. The first-order valence-corrected chi connectivity index (χ1v) is 18.3. The maximum Gasteiger partial charge on any atom is 0.0467 e. The maximum atomic E-state index is 2.36. The normalized spacial score (nSPS) is 11.4. The van der Waals surface area contributed by atoms with Gasteiger partial charge in [0.25, 0.3) is 0 Å². The number of nitrogens with zero attached hydrogens (tertiary/aromatic N) is 1. The topological polar surface area (TPSA) is 3.24 Å². The standard InChI is InChI=1S/C52H35N/c1-2-17-44(18-3-1)53(45-29-25-38(26-30-45)48-22-10-13-36-11-4-6-20-47(36)48)46-19-9-16-42(34-46)40-14-8-15-41(33-40)43-24-23-39-28-31-50-49-21-7-5-12-37(49)27-32-51(50)52(39)35-43/h1-35H. The molecular formula is C52H35N. The Kier molecular flexibility index (Phi) is 7.55. The van der Waals surface area contributed by atoms with Gasteiger partial charge in [0.05, 0.1) is 0 Å². The van der Waals surface area contributed by atoms with Crippen LogP contribution in [0.3, 0.4) is 0 Å². The van der Waals surface area contributed by atoms with Crippen LogP contribution in [0, 0.1) is 0 Å². The third-order valence-electron chi connectivity index (χ3n) is 10.6. The van der Waals surface area contributed by atoms with Crippen LogP contribution >= 0.6 is 0 Å². The Labute approximate surface area is 309 Å². The zero-order valence-corrected chi connectivity index (χ0v) is 29.2. The van der Waals surface area contributed by atoms with Crippen LogP contribution in [0.15, 0.2) is 212 Å². The molecule has 0 atom stereocenters. The monoisotopic (exact) mass is 673 g/mol. The van der Waals surface area contributed by atoms with Gasteiger partial charge in [-0.3, -0.25) is 0 Å². The molecule has 0 aliphatic rings. The first kappa shape index (κ1) is 30.8. The van der Waals surface area contributed by atoms with E-state index in [1.807, 2.05) is 0 Å². The van der Waals surface area contributed by atoms with Gasteiger partial charge in [0, 0.05) is 17.1 Å². The number of hydrogen-bond acceptors (Lipinski definition) is 1. The summed E-state index contributed by atoms with van der Waals surface area (Å²) in [5.74, 6) is 0. The summed E-state index contributed by atoms with van der Waals surface area (Å²) in [6.07, 6.45) is 0. The van der Waals surface area contributed by atoms with Gasteiger partial charge >= 0.3 is 0 Å². The van der Waals surface area contributed by atoms with Crippen molar-refractivity contribution in [2.24, 2.45) is 0 Å². The molecule has 0 saturated carbocycles. The highest BCUT2D eigenvalue weighted by atomic mass is 15.1. The Morgan fingerprint density at radius 3 is 1.49 bits per heavy atom. The van der Waals surface area contributed by atoms with Gasteiger partial charge in [-0.05, 0) is 125 Å². The minimum atomic E-state index is 1.11. The van der Waals surface area contributed by atoms with E-state index in [-0.39, 0.29) is 0 Å². The largest absolute Gasteiger partial charge is 0.310 e. The second-order valence-corrected chi connectivity index (χ2v) is 13.8. The predicted molar refractivity (Wildman–Crippen MR) is 227 cm³/mol. The van der Waals surface area contributed by atoms with E-state index in [4.69, 9.17) is 0 Å². The molecule has 10 rings (SSSR count). The Morgan fingerprint density at radius 2 is 0.717 bits per heavy atom. The van der Waals surface area contributed by atoms with Gasteiger partial charge in [-0.2, -0.15) is 0 Å². The molecule has 248 valence electrons. The lowest BCUT2D eigenvalue weighted by atomic mass is 9.93. The number of anilines is 3. The van der Waals surface area contributed by atoms with Crippen molar-refractivity contribution in [1.82, 2.24) is 0 Å². The number of fused-ring (bicyclic) bond motifs is 6. The molecule has 0 heterocycles. The van der Waals surface area contributed by atoms with Gasteiger partial charge in [-0.1, -0.05) is 164 Å². The average Bonchev–Trinajstić information content (AvgIpc) is 3.24. The van der Waals surface area contributed by atoms with Crippen molar-refractivity contribution in [1.29, 1.82) is 0 Å². The lowest BCUT2D eigenvalue weighted by molar-refractivity contribution is 1.28. The van der Waals surface area contributed by atoms with Crippen LogP contribution in [0.1, 0.15) is 0 Å². The molecule has 0 aliphatic carbocycles. The maximum absolute atomic E-state index is 2.36. The number of rotatable bonds is 6. The Morgan fingerprint density at radius 1 is 0.226 bits per heavy atom. The van der Waals surface area contributed by atoms with Gasteiger partial charge < -0.3 is 4.90 Å². The summed E-state index contributed by atoms with van der Waals surface area (Å²) in [4.78, 5) is 2.35. The van der Waals surface area contributed by atoms with Crippen molar-refractivity contribution < 1.29 is 0 Å². The molecule has 0 saturated heterocycles. The van der Waals surface area contributed by atoms with E-state index >= 15 is 0 Å². The Bertz CT molecular complexity index is 2940. The fourth-order valence-electron chi connectivity index (χ4n) is 7.99. The zero-order valence-electron chi connectivity index (χ0n) is 29.2. The molecule has 0 amide bonds. The van der Waals surface area contributed by atoms with Gasteiger partial charge in [-0.15, -0.1) is 0 Å². The molecule has 0 bridgehead atoms. The van der Waals surface area contributed by atoms with Crippen molar-refractivity contribution in [3.63, 3.8) is 0 Å². The molecule has 0 radical (unpaired) electrons. The molecule has 1 nitrogen and oxygen atoms in total. The van der Waals surface area contributed by atoms with Crippen LogP contribution in [0.4, 0.5) is 17.1 Å². The van der Waals surface area contributed by atoms with E-state index in [1.165, 1.54) is 76.5 Å². The fraction of sp³-hybridized carbons (Fsp3) is 0. The molecule has 10 aromatic rings.